The first-order chi connectivity index (χ1) is 6.47. The summed E-state index contributed by atoms with van der Waals surface area (Å²) in [6, 6.07) is 0. The van der Waals surface area contributed by atoms with E-state index in [0.29, 0.717) is 13.1 Å². The maximum atomic E-state index is 9.85. The van der Waals surface area contributed by atoms with Gasteiger partial charge in [0.05, 0.1) is 19.4 Å². The molecule has 5 N–H and O–H groups in total. The van der Waals surface area contributed by atoms with E-state index < -0.39 is 7.60 Å². The number of hydrogen-bond acceptors (Lipinski definition) is 4. The van der Waals surface area contributed by atoms with Crippen molar-refractivity contribution in [2.24, 2.45) is 0 Å². The third-order valence-corrected chi connectivity index (χ3v) is 1.68. The molecular formula is C7H18NO5P. The molecule has 7 heteroatoms. The zero-order chi connectivity index (χ0) is 11.4. The molecule has 0 aliphatic heterocycles. The van der Waals surface area contributed by atoms with Gasteiger partial charge in [0.1, 0.15) is 0 Å². The fourth-order valence-electron chi connectivity index (χ4n) is 0.451. The van der Waals surface area contributed by atoms with E-state index in [2.05, 4.69) is 11.9 Å². The summed E-state index contributed by atoms with van der Waals surface area (Å²) in [4.78, 5) is 16.1. The second-order valence-electron chi connectivity index (χ2n) is 2.33. The molecule has 0 aromatic rings. The van der Waals surface area contributed by atoms with E-state index in [9.17, 15) is 4.57 Å². The molecule has 0 radical (unpaired) electrons. The van der Waals surface area contributed by atoms with Crippen molar-refractivity contribution >= 4 is 7.60 Å². The Balaban J connectivity index is 0. The van der Waals surface area contributed by atoms with Gasteiger partial charge in [-0.2, -0.15) is 0 Å². The van der Waals surface area contributed by atoms with Crippen LogP contribution in [0.5, 0.6) is 0 Å². The van der Waals surface area contributed by atoms with Crippen LogP contribution in [0.25, 0.3) is 0 Å². The summed E-state index contributed by atoms with van der Waals surface area (Å²) in [5.74, 6) is 0. The van der Waals surface area contributed by atoms with Crippen LogP contribution in [0.15, 0.2) is 12.7 Å². The minimum absolute atomic E-state index is 0.139. The van der Waals surface area contributed by atoms with Crippen LogP contribution in [0.4, 0.5) is 0 Å². The standard InChI is InChI=1S/C4H11NO2.C3H7O3P/c6-3-1-5-2-4-7;1-2-3-7(4,5)6/h5-7H,1-4H2;2H,1,3H2,(H2,4,5,6). The monoisotopic (exact) mass is 227 g/mol. The minimum Gasteiger partial charge on any atom is -0.395 e. The van der Waals surface area contributed by atoms with Crippen LogP contribution in [0.3, 0.4) is 0 Å². The summed E-state index contributed by atoms with van der Waals surface area (Å²) in [6.45, 7) is 4.57. The molecule has 0 aliphatic rings. The van der Waals surface area contributed by atoms with Crippen LogP contribution in [-0.2, 0) is 4.57 Å². The van der Waals surface area contributed by atoms with Gasteiger partial charge in [0, 0.05) is 13.1 Å². The Morgan fingerprint density at radius 2 is 1.64 bits per heavy atom. The zero-order valence-electron chi connectivity index (χ0n) is 7.96. The molecule has 0 aromatic heterocycles. The molecule has 0 spiro atoms. The first kappa shape index (κ1) is 16.2. The number of allylic oxidation sites excluding steroid dienone is 1. The van der Waals surface area contributed by atoms with Crippen LogP contribution in [0.1, 0.15) is 0 Å². The number of hydrogen-bond donors (Lipinski definition) is 5. The second-order valence-corrected chi connectivity index (χ2v) is 4.03. The van der Waals surface area contributed by atoms with Crippen molar-refractivity contribution in [3.05, 3.63) is 12.7 Å². The van der Waals surface area contributed by atoms with Crippen molar-refractivity contribution in [2.75, 3.05) is 32.5 Å². The molecule has 0 amide bonds. The highest BCUT2D eigenvalue weighted by Gasteiger charge is 2.06. The van der Waals surface area contributed by atoms with Gasteiger partial charge in [-0.25, -0.2) is 0 Å². The lowest BCUT2D eigenvalue weighted by atomic mass is 10.6. The van der Waals surface area contributed by atoms with E-state index in [1.54, 1.807) is 0 Å². The Morgan fingerprint density at radius 3 is 1.79 bits per heavy atom. The maximum absolute atomic E-state index is 9.85. The highest BCUT2D eigenvalue weighted by Crippen LogP contribution is 2.33. The van der Waals surface area contributed by atoms with Crippen molar-refractivity contribution in [2.45, 2.75) is 0 Å². The molecule has 0 fully saturated rings. The summed E-state index contributed by atoms with van der Waals surface area (Å²) in [5.41, 5.74) is 0. The Bertz CT molecular complexity index is 165. The van der Waals surface area contributed by atoms with Crippen LogP contribution < -0.4 is 5.32 Å². The third-order valence-electron chi connectivity index (χ3n) is 0.944. The van der Waals surface area contributed by atoms with E-state index in [-0.39, 0.29) is 19.4 Å². The zero-order valence-corrected chi connectivity index (χ0v) is 8.86. The van der Waals surface area contributed by atoms with Crippen molar-refractivity contribution in [3.63, 3.8) is 0 Å². The van der Waals surface area contributed by atoms with Crippen LogP contribution in [-0.4, -0.2) is 52.5 Å². The van der Waals surface area contributed by atoms with Crippen LogP contribution >= 0.6 is 7.60 Å². The van der Waals surface area contributed by atoms with E-state index in [1.165, 1.54) is 6.08 Å². The van der Waals surface area contributed by atoms with Gasteiger partial charge in [0.15, 0.2) is 0 Å². The molecule has 86 valence electrons. The molecule has 0 aliphatic carbocycles. The molecule has 0 bridgehead atoms. The summed E-state index contributed by atoms with van der Waals surface area (Å²) < 4.78 is 9.85. The smallest absolute Gasteiger partial charge is 0.329 e. The first-order valence-electron chi connectivity index (χ1n) is 4.05. The molecule has 0 atom stereocenters. The lowest BCUT2D eigenvalue weighted by Gasteiger charge is -1.94. The number of aliphatic hydroxyl groups excluding tert-OH is 2. The Hall–Kier alpha value is -0.230. The Morgan fingerprint density at radius 1 is 1.21 bits per heavy atom. The largest absolute Gasteiger partial charge is 0.395 e. The van der Waals surface area contributed by atoms with Crippen LogP contribution in [0.2, 0.25) is 0 Å². The van der Waals surface area contributed by atoms with Gasteiger partial charge in [-0.3, -0.25) is 4.57 Å². The fourth-order valence-corrected chi connectivity index (χ4v) is 0.788. The molecule has 0 rings (SSSR count). The fraction of sp³-hybridized carbons (Fsp3) is 0.714. The summed E-state index contributed by atoms with van der Waals surface area (Å²) in [5, 5.41) is 19.1. The van der Waals surface area contributed by atoms with Crippen molar-refractivity contribution in [1.82, 2.24) is 5.32 Å². The van der Waals surface area contributed by atoms with E-state index in [1.807, 2.05) is 0 Å². The van der Waals surface area contributed by atoms with Crippen molar-refractivity contribution in [3.8, 4) is 0 Å². The molecule has 0 saturated heterocycles. The van der Waals surface area contributed by atoms with Gasteiger partial charge in [-0.1, -0.05) is 6.08 Å². The second kappa shape index (κ2) is 10.8. The topological polar surface area (TPSA) is 110 Å². The van der Waals surface area contributed by atoms with E-state index in [4.69, 9.17) is 20.0 Å². The molecule has 0 unspecified atom stereocenters. The normalized spacial score (nSPS) is 10.3. The molecular weight excluding hydrogens is 209 g/mol. The number of nitrogens with one attached hydrogen (secondary N) is 1. The van der Waals surface area contributed by atoms with Gasteiger partial charge in [0.25, 0.3) is 0 Å². The van der Waals surface area contributed by atoms with E-state index in [0.717, 1.165) is 0 Å². The number of aliphatic hydroxyl groups is 2. The predicted octanol–water partition coefficient (Wildman–Crippen LogP) is -1.09. The van der Waals surface area contributed by atoms with Gasteiger partial charge >= 0.3 is 7.60 Å². The Labute approximate surface area is 83.4 Å². The van der Waals surface area contributed by atoms with Gasteiger partial charge in [-0.15, -0.1) is 6.58 Å². The minimum atomic E-state index is -3.78. The van der Waals surface area contributed by atoms with Gasteiger partial charge in [-0.05, 0) is 0 Å². The highest BCUT2D eigenvalue weighted by molar-refractivity contribution is 7.51. The summed E-state index contributed by atoms with van der Waals surface area (Å²) in [6.07, 6.45) is 0.966. The van der Waals surface area contributed by atoms with Crippen LogP contribution in [0, 0.1) is 0 Å². The van der Waals surface area contributed by atoms with Crippen molar-refractivity contribution in [1.29, 1.82) is 0 Å². The molecule has 0 aromatic carbocycles. The lowest BCUT2D eigenvalue weighted by Crippen LogP contribution is -2.21. The molecule has 6 nitrogen and oxygen atoms in total. The molecule has 0 saturated carbocycles. The average Bonchev–Trinajstić information content (AvgIpc) is 2.04. The lowest BCUT2D eigenvalue weighted by molar-refractivity contribution is 0.266. The number of rotatable bonds is 6. The summed E-state index contributed by atoms with van der Waals surface area (Å²) in [7, 11) is -3.78. The quantitative estimate of drug-likeness (QED) is 0.224. The Kier molecular flexibility index (Phi) is 12.6. The van der Waals surface area contributed by atoms with Gasteiger partial charge in [0.2, 0.25) is 0 Å². The van der Waals surface area contributed by atoms with Gasteiger partial charge < -0.3 is 25.3 Å². The maximum Gasteiger partial charge on any atom is 0.329 e. The van der Waals surface area contributed by atoms with Crippen molar-refractivity contribution < 1.29 is 24.6 Å². The SMILES string of the molecule is C=CCP(=O)(O)O.OCCNCCO. The average molecular weight is 227 g/mol. The predicted molar refractivity (Wildman–Crippen MR) is 54.1 cm³/mol. The summed E-state index contributed by atoms with van der Waals surface area (Å²) >= 11 is 0. The van der Waals surface area contributed by atoms with E-state index >= 15 is 0 Å². The molecule has 14 heavy (non-hydrogen) atoms. The molecule has 0 heterocycles. The third kappa shape index (κ3) is 22.6. The first-order valence-corrected chi connectivity index (χ1v) is 5.85. The highest BCUT2D eigenvalue weighted by atomic mass is 31.2.